The van der Waals surface area contributed by atoms with Crippen molar-refractivity contribution in [2.75, 3.05) is 11.4 Å². The smallest absolute Gasteiger partial charge is 0.116 e. The number of fused-ring (bicyclic) bond motifs is 1. The van der Waals surface area contributed by atoms with Crippen molar-refractivity contribution in [2.45, 2.75) is 13.0 Å². The Morgan fingerprint density at radius 2 is 2.24 bits per heavy atom. The lowest BCUT2D eigenvalue weighted by Gasteiger charge is -2.31. The van der Waals surface area contributed by atoms with Gasteiger partial charge in [-0.15, -0.1) is 0 Å². The maximum Gasteiger partial charge on any atom is 0.116 e. The van der Waals surface area contributed by atoms with E-state index in [1.807, 2.05) is 12.1 Å². The number of anilines is 1. The van der Waals surface area contributed by atoms with E-state index in [4.69, 9.17) is 11.6 Å². The summed E-state index contributed by atoms with van der Waals surface area (Å²) >= 11 is 5.96. The van der Waals surface area contributed by atoms with E-state index < -0.39 is 0 Å². The van der Waals surface area contributed by atoms with E-state index >= 15 is 0 Å². The Balaban J connectivity index is 2.00. The van der Waals surface area contributed by atoms with Crippen molar-refractivity contribution < 1.29 is 0 Å². The topological polar surface area (TPSA) is 52.8 Å². The molecule has 1 aliphatic heterocycles. The number of hydrogen-bond donors (Lipinski definition) is 0. The molecule has 0 unspecified atom stereocenters. The van der Waals surface area contributed by atoms with Crippen molar-refractivity contribution in [1.82, 2.24) is 9.97 Å². The van der Waals surface area contributed by atoms with Crippen LogP contribution in [0, 0.1) is 11.3 Å². The minimum Gasteiger partial charge on any atom is -0.366 e. The van der Waals surface area contributed by atoms with Gasteiger partial charge in [0, 0.05) is 30.1 Å². The summed E-state index contributed by atoms with van der Waals surface area (Å²) in [6, 6.07) is 7.61. The molecule has 2 aromatic rings. The third kappa shape index (κ3) is 2.48. The number of hydrogen-bond acceptors (Lipinski definition) is 4. The zero-order valence-corrected chi connectivity index (χ0v) is 12.1. The Morgan fingerprint density at radius 1 is 1.38 bits per heavy atom. The average Bonchev–Trinajstić information content (AvgIpc) is 2.53. The molecule has 4 nitrogen and oxygen atoms in total. The van der Waals surface area contributed by atoms with Gasteiger partial charge < -0.3 is 4.90 Å². The summed E-state index contributed by atoms with van der Waals surface area (Å²) in [7, 11) is 0. The first-order chi connectivity index (χ1) is 10.2. The van der Waals surface area contributed by atoms with Crippen LogP contribution in [0.5, 0.6) is 0 Å². The molecule has 0 N–H and O–H groups in total. The van der Waals surface area contributed by atoms with Gasteiger partial charge in [-0.05, 0) is 24.3 Å². The molecule has 0 radical (unpaired) electrons. The maximum atomic E-state index is 9.29. The van der Waals surface area contributed by atoms with Crippen molar-refractivity contribution in [1.29, 1.82) is 5.26 Å². The van der Waals surface area contributed by atoms with Crippen LogP contribution >= 0.6 is 11.6 Å². The summed E-state index contributed by atoms with van der Waals surface area (Å²) in [5, 5.41) is 9.87. The molecule has 5 heteroatoms. The SMILES string of the molecule is C=Cc1ncnc2c1CN(c1ccc(Cl)cc1C#N)CC2. The summed E-state index contributed by atoms with van der Waals surface area (Å²) in [5.74, 6) is 0. The molecule has 0 aliphatic carbocycles. The van der Waals surface area contributed by atoms with Gasteiger partial charge in [-0.3, -0.25) is 0 Å². The van der Waals surface area contributed by atoms with Gasteiger partial charge in [0.25, 0.3) is 0 Å². The quantitative estimate of drug-likeness (QED) is 0.854. The molecule has 1 aliphatic rings. The monoisotopic (exact) mass is 296 g/mol. The molecule has 1 aromatic heterocycles. The molecule has 21 heavy (non-hydrogen) atoms. The molecule has 0 fully saturated rings. The Labute approximate surface area is 128 Å². The molecule has 0 amide bonds. The van der Waals surface area contributed by atoms with E-state index in [2.05, 4.69) is 27.5 Å². The molecular formula is C16H13ClN4. The van der Waals surface area contributed by atoms with Crippen molar-refractivity contribution in [3.63, 3.8) is 0 Å². The molecule has 104 valence electrons. The van der Waals surface area contributed by atoms with E-state index in [9.17, 15) is 5.26 Å². The lowest BCUT2D eigenvalue weighted by molar-refractivity contribution is 0.702. The van der Waals surface area contributed by atoms with Crippen molar-refractivity contribution in [3.8, 4) is 6.07 Å². The molecular weight excluding hydrogens is 284 g/mol. The second kappa shape index (κ2) is 5.55. The van der Waals surface area contributed by atoms with Crippen LogP contribution in [0.15, 0.2) is 31.1 Å². The standard InChI is InChI=1S/C16H13ClN4/c1-2-14-13-9-21(6-5-15(13)20-10-19-14)16-4-3-12(17)7-11(16)8-18/h2-4,7,10H,1,5-6,9H2. The third-order valence-electron chi connectivity index (χ3n) is 3.65. The first kappa shape index (κ1) is 13.6. The van der Waals surface area contributed by atoms with Crippen LogP contribution in [-0.4, -0.2) is 16.5 Å². The van der Waals surface area contributed by atoms with Gasteiger partial charge in [-0.1, -0.05) is 18.2 Å². The number of benzene rings is 1. The second-order valence-electron chi connectivity index (χ2n) is 4.83. The number of aromatic nitrogens is 2. The molecule has 2 heterocycles. The third-order valence-corrected chi connectivity index (χ3v) is 3.88. The Hall–Kier alpha value is -2.38. The van der Waals surface area contributed by atoms with Crippen LogP contribution in [-0.2, 0) is 13.0 Å². The highest BCUT2D eigenvalue weighted by molar-refractivity contribution is 6.30. The first-order valence-electron chi connectivity index (χ1n) is 6.62. The fourth-order valence-corrected chi connectivity index (χ4v) is 2.79. The normalized spacial score (nSPS) is 13.4. The van der Waals surface area contributed by atoms with E-state index in [1.165, 1.54) is 0 Å². The zero-order valence-electron chi connectivity index (χ0n) is 11.4. The second-order valence-corrected chi connectivity index (χ2v) is 5.27. The summed E-state index contributed by atoms with van der Waals surface area (Å²) < 4.78 is 0. The van der Waals surface area contributed by atoms with Crippen LogP contribution in [0.3, 0.4) is 0 Å². The predicted octanol–water partition coefficient (Wildman–Crippen LogP) is 3.21. The van der Waals surface area contributed by atoms with Gasteiger partial charge >= 0.3 is 0 Å². The zero-order chi connectivity index (χ0) is 14.8. The molecule has 0 bridgehead atoms. The van der Waals surface area contributed by atoms with Crippen LogP contribution in [0.2, 0.25) is 5.02 Å². The maximum absolute atomic E-state index is 9.29. The van der Waals surface area contributed by atoms with Crippen LogP contribution in [0.1, 0.15) is 22.5 Å². The number of halogens is 1. The fraction of sp³-hybridized carbons (Fsp3) is 0.188. The van der Waals surface area contributed by atoms with Crippen molar-refractivity contribution in [3.05, 3.63) is 58.6 Å². The van der Waals surface area contributed by atoms with E-state index in [1.54, 1.807) is 18.5 Å². The first-order valence-corrected chi connectivity index (χ1v) is 7.00. The highest BCUT2D eigenvalue weighted by Crippen LogP contribution is 2.29. The van der Waals surface area contributed by atoms with Crippen molar-refractivity contribution >= 4 is 23.4 Å². The van der Waals surface area contributed by atoms with Gasteiger partial charge in [0.15, 0.2) is 0 Å². The summed E-state index contributed by atoms with van der Waals surface area (Å²) in [6.07, 6.45) is 4.15. The minimum absolute atomic E-state index is 0.572. The Bertz CT molecular complexity index is 748. The van der Waals surface area contributed by atoms with Gasteiger partial charge in [0.1, 0.15) is 12.4 Å². The largest absolute Gasteiger partial charge is 0.366 e. The summed E-state index contributed by atoms with van der Waals surface area (Å²) in [4.78, 5) is 10.8. The van der Waals surface area contributed by atoms with Crippen LogP contribution < -0.4 is 4.90 Å². The predicted molar refractivity (Wildman–Crippen MR) is 83.0 cm³/mol. The fourth-order valence-electron chi connectivity index (χ4n) is 2.62. The molecule has 0 spiro atoms. The minimum atomic E-state index is 0.572. The summed E-state index contributed by atoms with van der Waals surface area (Å²) in [5.41, 5.74) is 4.48. The number of nitriles is 1. The van der Waals surface area contributed by atoms with Gasteiger partial charge in [0.2, 0.25) is 0 Å². The van der Waals surface area contributed by atoms with Gasteiger partial charge in [-0.2, -0.15) is 5.26 Å². The molecule has 1 aromatic carbocycles. The lowest BCUT2D eigenvalue weighted by Crippen LogP contribution is -2.32. The van der Waals surface area contributed by atoms with Crippen molar-refractivity contribution in [2.24, 2.45) is 0 Å². The van der Waals surface area contributed by atoms with Gasteiger partial charge in [-0.25, -0.2) is 9.97 Å². The highest BCUT2D eigenvalue weighted by atomic mass is 35.5. The van der Waals surface area contributed by atoms with Gasteiger partial charge in [0.05, 0.1) is 22.6 Å². The Morgan fingerprint density at radius 3 is 3.00 bits per heavy atom. The van der Waals surface area contributed by atoms with Crippen LogP contribution in [0.4, 0.5) is 5.69 Å². The number of nitrogens with zero attached hydrogens (tertiary/aromatic N) is 4. The Kier molecular flexibility index (Phi) is 3.59. The molecule has 0 saturated heterocycles. The lowest BCUT2D eigenvalue weighted by atomic mass is 10.0. The summed E-state index contributed by atoms with van der Waals surface area (Å²) in [6.45, 7) is 5.29. The molecule has 3 rings (SSSR count). The molecule has 0 saturated carbocycles. The highest BCUT2D eigenvalue weighted by Gasteiger charge is 2.22. The average molecular weight is 297 g/mol. The molecule has 0 atom stereocenters. The van der Waals surface area contributed by atoms with Crippen LogP contribution in [0.25, 0.3) is 6.08 Å². The van der Waals surface area contributed by atoms with E-state index in [-0.39, 0.29) is 0 Å². The van der Waals surface area contributed by atoms with E-state index in [0.29, 0.717) is 17.1 Å². The van der Waals surface area contributed by atoms with E-state index in [0.717, 1.165) is 35.6 Å². The number of rotatable bonds is 2.